The zero-order chi connectivity index (χ0) is 13.1. The van der Waals surface area contributed by atoms with E-state index in [9.17, 15) is 0 Å². The highest BCUT2D eigenvalue weighted by molar-refractivity contribution is 6.21. The van der Waals surface area contributed by atoms with Gasteiger partial charge in [0.25, 0.3) is 0 Å². The third-order valence-corrected chi connectivity index (χ3v) is 4.34. The highest BCUT2D eigenvalue weighted by Crippen LogP contribution is 2.19. The molecule has 0 bridgehead atoms. The third kappa shape index (κ3) is 6.92. The summed E-state index contributed by atoms with van der Waals surface area (Å²) in [5, 5.41) is 1.76. The molecule has 0 aromatic carbocycles. The van der Waals surface area contributed by atoms with Crippen molar-refractivity contribution in [3.8, 4) is 0 Å². The lowest BCUT2D eigenvalue weighted by Crippen LogP contribution is -2.26. The van der Waals surface area contributed by atoms with E-state index in [4.69, 9.17) is 0 Å². The largest absolute Gasteiger partial charge is 0.375 e. The number of hydrogen-bond donors (Lipinski definition) is 0. The van der Waals surface area contributed by atoms with Crippen LogP contribution in [0.4, 0.5) is 0 Å². The van der Waals surface area contributed by atoms with Gasteiger partial charge in [0.15, 0.2) is 0 Å². The molecule has 0 unspecified atom stereocenters. The van der Waals surface area contributed by atoms with Crippen LogP contribution < -0.4 is 0 Å². The Morgan fingerprint density at radius 1 is 0.824 bits per heavy atom. The minimum absolute atomic E-state index is 1.25. The SMILES string of the molecule is CCCCN(CCC)C(CCC)=C([SiH3])CCC. The number of rotatable bonds is 10. The van der Waals surface area contributed by atoms with Gasteiger partial charge in [-0.2, -0.15) is 0 Å². The fraction of sp³-hybridized carbons (Fsp3) is 0.867. The summed E-state index contributed by atoms with van der Waals surface area (Å²) in [5.41, 5.74) is 1.70. The first-order valence-corrected chi connectivity index (χ1v) is 8.64. The maximum atomic E-state index is 2.69. The maximum absolute atomic E-state index is 2.69. The van der Waals surface area contributed by atoms with Gasteiger partial charge in [-0.15, -0.1) is 0 Å². The Morgan fingerprint density at radius 3 is 1.94 bits per heavy atom. The van der Waals surface area contributed by atoms with E-state index in [1.807, 2.05) is 0 Å². The molecule has 0 radical (unpaired) electrons. The molecule has 17 heavy (non-hydrogen) atoms. The van der Waals surface area contributed by atoms with Crippen molar-refractivity contribution in [1.82, 2.24) is 4.90 Å². The molecule has 0 saturated carbocycles. The van der Waals surface area contributed by atoms with Crippen LogP contribution in [0.5, 0.6) is 0 Å². The first-order chi connectivity index (χ1) is 8.21. The third-order valence-electron chi connectivity index (χ3n) is 3.26. The average Bonchev–Trinajstić information content (AvgIpc) is 2.32. The van der Waals surface area contributed by atoms with Crippen molar-refractivity contribution < 1.29 is 0 Å². The minimum Gasteiger partial charge on any atom is -0.375 e. The van der Waals surface area contributed by atoms with Crippen molar-refractivity contribution in [2.45, 2.75) is 72.6 Å². The molecule has 0 rings (SSSR count). The highest BCUT2D eigenvalue weighted by Gasteiger charge is 2.10. The molecule has 0 N–H and O–H groups in total. The molecule has 0 aliphatic rings. The Balaban J connectivity index is 4.73. The van der Waals surface area contributed by atoms with Gasteiger partial charge in [0, 0.05) is 29.0 Å². The molecule has 2 heteroatoms. The van der Waals surface area contributed by atoms with E-state index in [0.29, 0.717) is 0 Å². The van der Waals surface area contributed by atoms with Gasteiger partial charge < -0.3 is 4.90 Å². The van der Waals surface area contributed by atoms with E-state index in [1.54, 1.807) is 10.9 Å². The summed E-state index contributed by atoms with van der Waals surface area (Å²) in [6, 6.07) is 0. The van der Waals surface area contributed by atoms with Crippen LogP contribution >= 0.6 is 0 Å². The lowest BCUT2D eigenvalue weighted by atomic mass is 10.1. The zero-order valence-electron chi connectivity index (χ0n) is 12.8. The first-order valence-electron chi connectivity index (χ1n) is 7.64. The number of hydrogen-bond acceptors (Lipinski definition) is 1. The van der Waals surface area contributed by atoms with Crippen molar-refractivity contribution in [3.05, 3.63) is 10.9 Å². The van der Waals surface area contributed by atoms with Crippen molar-refractivity contribution in [1.29, 1.82) is 0 Å². The van der Waals surface area contributed by atoms with Gasteiger partial charge in [-0.1, -0.05) is 52.2 Å². The van der Waals surface area contributed by atoms with Crippen molar-refractivity contribution in [3.63, 3.8) is 0 Å². The van der Waals surface area contributed by atoms with Crippen molar-refractivity contribution >= 4 is 10.2 Å². The molecule has 0 aromatic rings. The van der Waals surface area contributed by atoms with Gasteiger partial charge in [-0.05, 0) is 25.7 Å². The fourth-order valence-electron chi connectivity index (χ4n) is 2.40. The summed E-state index contributed by atoms with van der Waals surface area (Å²) in [6.45, 7) is 11.7. The molecule has 0 heterocycles. The molecule has 1 nitrogen and oxygen atoms in total. The second kappa shape index (κ2) is 10.9. The van der Waals surface area contributed by atoms with Gasteiger partial charge >= 0.3 is 0 Å². The van der Waals surface area contributed by atoms with Crippen LogP contribution in [-0.2, 0) is 0 Å². The molecule has 0 aliphatic heterocycles. The maximum Gasteiger partial charge on any atom is 0.0355 e. The molecular weight excluding hydrogens is 222 g/mol. The molecular formula is C15H33NSi. The summed E-state index contributed by atoms with van der Waals surface area (Å²) in [5.74, 6) is 0. The van der Waals surface area contributed by atoms with Gasteiger partial charge in [-0.25, -0.2) is 0 Å². The first kappa shape index (κ1) is 16.8. The number of nitrogens with zero attached hydrogens (tertiary/aromatic N) is 1. The second-order valence-corrected chi connectivity index (χ2v) is 6.27. The van der Waals surface area contributed by atoms with Crippen molar-refractivity contribution in [2.24, 2.45) is 0 Å². The normalized spacial score (nSPS) is 12.7. The molecule has 0 aromatic heterocycles. The molecule has 0 saturated heterocycles. The average molecular weight is 256 g/mol. The predicted octanol–water partition coefficient (Wildman–Crippen LogP) is 3.68. The molecule has 0 aliphatic carbocycles. The van der Waals surface area contributed by atoms with E-state index >= 15 is 0 Å². The van der Waals surface area contributed by atoms with Crippen LogP contribution in [0, 0.1) is 0 Å². The fourth-order valence-corrected chi connectivity index (χ4v) is 3.46. The smallest absolute Gasteiger partial charge is 0.0355 e. The van der Waals surface area contributed by atoms with Crippen LogP contribution in [0.25, 0.3) is 0 Å². The van der Waals surface area contributed by atoms with Crippen LogP contribution in [0.1, 0.15) is 72.6 Å². The predicted molar refractivity (Wildman–Crippen MR) is 83.6 cm³/mol. The Hall–Kier alpha value is -0.243. The van der Waals surface area contributed by atoms with E-state index in [0.717, 1.165) is 0 Å². The summed E-state index contributed by atoms with van der Waals surface area (Å²) >= 11 is 0. The Labute approximate surface area is 112 Å². The molecule has 102 valence electrons. The zero-order valence-corrected chi connectivity index (χ0v) is 14.8. The lowest BCUT2D eigenvalue weighted by molar-refractivity contribution is 0.322. The summed E-state index contributed by atoms with van der Waals surface area (Å²) in [6.07, 6.45) is 9.14. The van der Waals surface area contributed by atoms with E-state index in [2.05, 4.69) is 32.6 Å². The molecule has 0 amide bonds. The van der Waals surface area contributed by atoms with E-state index < -0.39 is 0 Å². The molecule has 0 fully saturated rings. The summed E-state index contributed by atoms with van der Waals surface area (Å²) in [7, 11) is 1.25. The van der Waals surface area contributed by atoms with E-state index in [-0.39, 0.29) is 0 Å². The van der Waals surface area contributed by atoms with Gasteiger partial charge in [0.05, 0.1) is 0 Å². The quantitative estimate of drug-likeness (QED) is 0.538. The van der Waals surface area contributed by atoms with Gasteiger partial charge in [-0.3, -0.25) is 0 Å². The van der Waals surface area contributed by atoms with Crippen LogP contribution in [0.15, 0.2) is 10.9 Å². The number of allylic oxidation sites excluding steroid dienone is 2. The summed E-state index contributed by atoms with van der Waals surface area (Å²) in [4.78, 5) is 2.69. The molecule has 0 spiro atoms. The van der Waals surface area contributed by atoms with Crippen LogP contribution in [0.2, 0.25) is 0 Å². The molecule has 0 atom stereocenters. The Kier molecular flexibility index (Phi) is 10.7. The lowest BCUT2D eigenvalue weighted by Gasteiger charge is -2.29. The van der Waals surface area contributed by atoms with Crippen LogP contribution in [0.3, 0.4) is 0 Å². The monoisotopic (exact) mass is 255 g/mol. The van der Waals surface area contributed by atoms with E-state index in [1.165, 1.54) is 68.3 Å². The topological polar surface area (TPSA) is 3.24 Å². The second-order valence-electron chi connectivity index (χ2n) is 5.07. The summed E-state index contributed by atoms with van der Waals surface area (Å²) < 4.78 is 0. The number of unbranched alkanes of at least 4 members (excludes halogenated alkanes) is 1. The van der Waals surface area contributed by atoms with Gasteiger partial charge in [0.2, 0.25) is 0 Å². The standard InChI is InChI=1S/C15H33NSi/c1-5-9-13-16(12-8-4)14(10-6-2)15(17)11-7-3/h5-13H2,1-4,17H3. The van der Waals surface area contributed by atoms with Crippen LogP contribution in [-0.4, -0.2) is 28.2 Å². The minimum atomic E-state index is 1.25. The Morgan fingerprint density at radius 2 is 1.47 bits per heavy atom. The van der Waals surface area contributed by atoms with Gasteiger partial charge in [0.1, 0.15) is 0 Å². The van der Waals surface area contributed by atoms with Crippen molar-refractivity contribution in [2.75, 3.05) is 13.1 Å². The Bertz CT molecular complexity index is 211. The highest BCUT2D eigenvalue weighted by atomic mass is 28.1.